The molecule has 0 saturated heterocycles. The Morgan fingerprint density at radius 1 is 0.909 bits per heavy atom. The van der Waals surface area contributed by atoms with Crippen molar-refractivity contribution in [2.45, 2.75) is 169 Å². The third kappa shape index (κ3) is 6.48. The molecule has 0 spiro atoms. The minimum atomic E-state index is -2.03. The Labute approximate surface area is 273 Å². The van der Waals surface area contributed by atoms with Crippen molar-refractivity contribution in [3.05, 3.63) is 34.9 Å². The Morgan fingerprint density at radius 3 is 2.07 bits per heavy atom. The predicted molar refractivity (Wildman–Crippen MR) is 191 cm³/mol. The fraction of sp³-hybridized carbons (Fsp3) is 0.842. The molecule has 0 aromatic rings. The van der Waals surface area contributed by atoms with Crippen molar-refractivity contribution in [3.8, 4) is 0 Å². The summed E-state index contributed by atoms with van der Waals surface area (Å²) < 4.78 is 21.0. The lowest BCUT2D eigenvalue weighted by Gasteiger charge is -2.59. The summed E-state index contributed by atoms with van der Waals surface area (Å²) in [5, 5.41) is 10.8. The number of hydrogen-bond donors (Lipinski definition) is 1. The lowest BCUT2D eigenvalue weighted by Crippen LogP contribution is -2.58. The van der Waals surface area contributed by atoms with Crippen molar-refractivity contribution in [2.75, 3.05) is 6.61 Å². The van der Waals surface area contributed by atoms with E-state index in [-0.39, 0.29) is 45.1 Å². The summed E-state index contributed by atoms with van der Waals surface area (Å²) >= 11 is 0. The molecule has 0 aliphatic heterocycles. The van der Waals surface area contributed by atoms with Gasteiger partial charge < -0.3 is 18.7 Å². The van der Waals surface area contributed by atoms with Crippen molar-refractivity contribution in [2.24, 2.45) is 28.6 Å². The van der Waals surface area contributed by atoms with Crippen molar-refractivity contribution in [3.63, 3.8) is 0 Å². The molecule has 4 rings (SSSR count). The van der Waals surface area contributed by atoms with Gasteiger partial charge in [0.2, 0.25) is 0 Å². The maximum Gasteiger partial charge on any atom is 0.192 e. The van der Waals surface area contributed by atoms with Crippen LogP contribution < -0.4 is 0 Å². The highest BCUT2D eigenvalue weighted by Gasteiger charge is 2.59. The zero-order chi connectivity index (χ0) is 33.3. The smallest absolute Gasteiger partial charge is 0.192 e. The van der Waals surface area contributed by atoms with Crippen LogP contribution in [-0.2, 0) is 13.6 Å². The fourth-order valence-electron chi connectivity index (χ4n) is 8.17. The molecule has 44 heavy (non-hydrogen) atoms. The topological polar surface area (TPSA) is 47.9 Å². The molecule has 2 fully saturated rings. The lowest BCUT2D eigenvalue weighted by molar-refractivity contribution is -0.0423. The van der Waals surface area contributed by atoms with Gasteiger partial charge in [-0.15, -0.1) is 0 Å². The summed E-state index contributed by atoms with van der Waals surface area (Å²) in [5.41, 5.74) is 4.72. The Morgan fingerprint density at radius 2 is 1.50 bits per heavy atom. The second-order valence-electron chi connectivity index (χ2n) is 18.7. The van der Waals surface area contributed by atoms with E-state index < -0.39 is 22.7 Å². The first-order valence-electron chi connectivity index (χ1n) is 17.7. The average molecular weight is 645 g/mol. The SMILES string of the molecule is CC(OC[C@@H](O)C(C)C)C1=CC[C@H]2C3=CC=C4C[C@@H](O[Si](C)(C)C(C)(C)C)C[C@H](O[Si](C)(C)C(C)(C)C)[C@]4(C)[C@H]3CC[C@]12C. The van der Waals surface area contributed by atoms with E-state index in [1.807, 2.05) is 0 Å². The van der Waals surface area contributed by atoms with Crippen LogP contribution >= 0.6 is 0 Å². The second-order valence-corrected chi connectivity index (χ2v) is 28.2. The van der Waals surface area contributed by atoms with E-state index in [0.717, 1.165) is 19.3 Å². The van der Waals surface area contributed by atoms with Gasteiger partial charge in [-0.25, -0.2) is 0 Å². The first kappa shape index (κ1) is 36.3. The van der Waals surface area contributed by atoms with Crippen LogP contribution in [0.4, 0.5) is 0 Å². The van der Waals surface area contributed by atoms with Crippen molar-refractivity contribution in [1.82, 2.24) is 0 Å². The van der Waals surface area contributed by atoms with E-state index in [2.05, 4.69) is 121 Å². The molecule has 4 nitrogen and oxygen atoms in total. The van der Waals surface area contributed by atoms with E-state index in [1.54, 1.807) is 11.1 Å². The Hall–Kier alpha value is -0.506. The van der Waals surface area contributed by atoms with Crippen LogP contribution in [0.15, 0.2) is 34.9 Å². The minimum Gasteiger partial charge on any atom is -0.414 e. The highest BCUT2D eigenvalue weighted by Crippen LogP contribution is 2.65. The lowest BCUT2D eigenvalue weighted by atomic mass is 9.49. The summed E-state index contributed by atoms with van der Waals surface area (Å²) in [4.78, 5) is 0. The van der Waals surface area contributed by atoms with Gasteiger partial charge in [0.05, 0.1) is 31.0 Å². The van der Waals surface area contributed by atoms with Crippen LogP contribution in [0, 0.1) is 28.6 Å². The van der Waals surface area contributed by atoms with Gasteiger partial charge in [-0.1, -0.05) is 98.6 Å². The predicted octanol–water partition coefficient (Wildman–Crippen LogP) is 10.2. The molecule has 252 valence electrons. The molecule has 0 amide bonds. The summed E-state index contributed by atoms with van der Waals surface area (Å²) in [5.74, 6) is 1.20. The highest BCUT2D eigenvalue weighted by atomic mass is 28.4. The number of hydrogen-bond acceptors (Lipinski definition) is 4. The molecule has 1 unspecified atom stereocenters. The van der Waals surface area contributed by atoms with Gasteiger partial charge in [-0.3, -0.25) is 0 Å². The molecule has 4 aliphatic carbocycles. The summed E-state index contributed by atoms with van der Waals surface area (Å²) in [6.45, 7) is 35.6. The van der Waals surface area contributed by atoms with Gasteiger partial charge in [-0.05, 0) is 104 Å². The Kier molecular flexibility index (Phi) is 10.1. The van der Waals surface area contributed by atoms with Gasteiger partial charge in [0.15, 0.2) is 16.6 Å². The van der Waals surface area contributed by atoms with E-state index >= 15 is 0 Å². The molecule has 0 aromatic carbocycles. The van der Waals surface area contributed by atoms with E-state index in [4.69, 9.17) is 13.6 Å². The standard InChI is InChI=1S/C38H68O4Si2/c1-25(2)33(39)24-40-26(3)30-18-19-31-29-17-16-27-22-28(41-43(12,13)35(4,5)6)23-34(42-44(14,15)36(7,8)9)38(27,11)32(29)20-21-37(30,31)10/h16-18,25-26,28,31-34,39H,19-24H2,1-15H3/t26?,28-,31+,32+,33-,34+,37-,38+/m1/s1. The number of allylic oxidation sites excluding steroid dienone is 4. The van der Waals surface area contributed by atoms with Crippen LogP contribution in [0.2, 0.25) is 36.3 Å². The normalized spacial score (nSPS) is 34.4. The van der Waals surface area contributed by atoms with Crippen LogP contribution in [-0.4, -0.2) is 52.8 Å². The molecule has 1 N–H and O–H groups in total. The zero-order valence-electron chi connectivity index (χ0n) is 31.2. The van der Waals surface area contributed by atoms with Crippen molar-refractivity contribution >= 4 is 16.6 Å². The maximum absolute atomic E-state index is 10.4. The molecule has 0 aromatic heterocycles. The van der Waals surface area contributed by atoms with Gasteiger partial charge in [-0.2, -0.15) is 0 Å². The molecule has 0 heterocycles. The summed E-state index contributed by atoms with van der Waals surface area (Å²) in [6.07, 6.45) is 12.9. The molecule has 0 radical (unpaired) electrons. The van der Waals surface area contributed by atoms with Gasteiger partial charge >= 0.3 is 0 Å². The quantitative estimate of drug-likeness (QED) is 0.200. The molecule has 0 bridgehead atoms. The maximum atomic E-state index is 10.4. The van der Waals surface area contributed by atoms with Crippen LogP contribution in [0.25, 0.3) is 0 Å². The number of ether oxygens (including phenoxy) is 1. The number of rotatable bonds is 9. The van der Waals surface area contributed by atoms with E-state index in [0.29, 0.717) is 18.4 Å². The summed E-state index contributed by atoms with van der Waals surface area (Å²) in [7, 11) is -3.95. The highest BCUT2D eigenvalue weighted by molar-refractivity contribution is 6.74. The minimum absolute atomic E-state index is 0.0134. The van der Waals surface area contributed by atoms with Gasteiger partial charge in [0.1, 0.15) is 0 Å². The molecule has 4 aliphatic rings. The molecule has 8 atom stereocenters. The molecule has 2 saturated carbocycles. The van der Waals surface area contributed by atoms with Crippen molar-refractivity contribution < 1.29 is 18.7 Å². The van der Waals surface area contributed by atoms with Crippen LogP contribution in [0.5, 0.6) is 0 Å². The number of fused-ring (bicyclic) bond motifs is 5. The van der Waals surface area contributed by atoms with E-state index in [1.165, 1.54) is 18.4 Å². The third-order valence-corrected chi connectivity index (χ3v) is 22.5. The van der Waals surface area contributed by atoms with E-state index in [9.17, 15) is 5.11 Å². The third-order valence-electron chi connectivity index (χ3n) is 13.5. The van der Waals surface area contributed by atoms with Gasteiger partial charge in [0, 0.05) is 5.41 Å². The molecule has 6 heteroatoms. The number of aliphatic hydroxyl groups is 1. The fourth-order valence-corrected chi connectivity index (χ4v) is 10.9. The monoisotopic (exact) mass is 644 g/mol. The molecular weight excluding hydrogens is 577 g/mol. The first-order chi connectivity index (χ1) is 20.0. The van der Waals surface area contributed by atoms with Crippen molar-refractivity contribution in [1.29, 1.82) is 0 Å². The zero-order valence-corrected chi connectivity index (χ0v) is 33.2. The first-order valence-corrected chi connectivity index (χ1v) is 23.5. The Balaban J connectivity index is 1.66. The second kappa shape index (κ2) is 12.2. The number of aliphatic hydroxyl groups excluding tert-OH is 1. The average Bonchev–Trinajstić information content (AvgIpc) is 3.23. The largest absolute Gasteiger partial charge is 0.414 e. The molecular formula is C38H68O4Si2. The van der Waals surface area contributed by atoms with Gasteiger partial charge in [0.25, 0.3) is 0 Å². The Bertz CT molecular complexity index is 1150. The van der Waals surface area contributed by atoms with Crippen LogP contribution in [0.1, 0.15) is 108 Å². The summed E-state index contributed by atoms with van der Waals surface area (Å²) in [6, 6.07) is 0. The van der Waals surface area contributed by atoms with Crippen LogP contribution in [0.3, 0.4) is 0 Å².